The Hall–Kier alpha value is -2.34. The minimum absolute atomic E-state index is 0.161. The summed E-state index contributed by atoms with van der Waals surface area (Å²) in [5.41, 5.74) is 2.49. The van der Waals surface area contributed by atoms with Gasteiger partial charge in [-0.05, 0) is 44.5 Å². The second kappa shape index (κ2) is 7.00. The lowest BCUT2D eigenvalue weighted by molar-refractivity contribution is -0.130. The molecule has 1 aromatic carbocycles. The summed E-state index contributed by atoms with van der Waals surface area (Å²) >= 11 is 0. The lowest BCUT2D eigenvalue weighted by Crippen LogP contribution is -2.45. The number of piperidine rings is 1. The number of likely N-dealkylation sites (tertiary alicyclic amines) is 1. The minimum Gasteiger partial charge on any atom is -0.497 e. The Kier molecular flexibility index (Phi) is 4.68. The molecule has 2 aromatic rings. The predicted octanol–water partition coefficient (Wildman–Crippen LogP) is 2.38. The monoisotopic (exact) mass is 368 g/mol. The molecular formula is C21H28N4O2. The summed E-state index contributed by atoms with van der Waals surface area (Å²) in [6, 6.07) is 8.19. The Morgan fingerprint density at radius 2 is 1.96 bits per heavy atom. The van der Waals surface area contributed by atoms with E-state index < -0.39 is 0 Å². The van der Waals surface area contributed by atoms with Gasteiger partial charge < -0.3 is 14.2 Å². The van der Waals surface area contributed by atoms with E-state index in [1.54, 1.807) is 12.0 Å². The molecule has 1 saturated heterocycles. The zero-order chi connectivity index (χ0) is 19.0. The fraction of sp³-hybridized carbons (Fsp3) is 0.524. The second-order valence-electron chi connectivity index (χ2n) is 7.95. The molecule has 0 unspecified atom stereocenters. The van der Waals surface area contributed by atoms with Gasteiger partial charge >= 0.3 is 0 Å². The molecule has 6 heteroatoms. The number of imidazole rings is 1. The molecule has 144 valence electrons. The van der Waals surface area contributed by atoms with E-state index in [2.05, 4.69) is 21.6 Å². The van der Waals surface area contributed by atoms with Gasteiger partial charge in [-0.25, -0.2) is 4.98 Å². The Morgan fingerprint density at radius 3 is 2.67 bits per heavy atom. The quantitative estimate of drug-likeness (QED) is 0.831. The van der Waals surface area contributed by atoms with Crippen molar-refractivity contribution in [3.63, 3.8) is 0 Å². The number of ether oxygens (including phenoxy) is 1. The van der Waals surface area contributed by atoms with Crippen molar-refractivity contribution in [2.75, 3.05) is 40.8 Å². The maximum atomic E-state index is 12.0. The Labute approximate surface area is 160 Å². The molecule has 0 bridgehead atoms. The van der Waals surface area contributed by atoms with E-state index >= 15 is 0 Å². The van der Waals surface area contributed by atoms with Gasteiger partial charge in [0.05, 0.1) is 25.5 Å². The van der Waals surface area contributed by atoms with E-state index in [-0.39, 0.29) is 11.3 Å². The number of methoxy groups -OCH3 is 1. The van der Waals surface area contributed by atoms with Crippen molar-refractivity contribution in [2.45, 2.75) is 31.2 Å². The third-order valence-corrected chi connectivity index (χ3v) is 6.18. The first-order valence-electron chi connectivity index (χ1n) is 9.65. The average Bonchev–Trinajstić information content (AvgIpc) is 3.25. The number of aromatic nitrogens is 2. The van der Waals surface area contributed by atoms with Gasteiger partial charge in [0.15, 0.2) is 0 Å². The van der Waals surface area contributed by atoms with Crippen LogP contribution in [0.3, 0.4) is 0 Å². The zero-order valence-electron chi connectivity index (χ0n) is 16.4. The van der Waals surface area contributed by atoms with Crippen LogP contribution in [-0.4, -0.2) is 66.1 Å². The molecule has 2 aliphatic heterocycles. The van der Waals surface area contributed by atoms with Crippen molar-refractivity contribution in [2.24, 2.45) is 0 Å². The van der Waals surface area contributed by atoms with Crippen molar-refractivity contribution in [3.8, 4) is 17.0 Å². The van der Waals surface area contributed by atoms with E-state index in [1.807, 2.05) is 32.4 Å². The molecule has 1 spiro atoms. The van der Waals surface area contributed by atoms with Crippen molar-refractivity contribution < 1.29 is 9.53 Å². The molecule has 6 nitrogen and oxygen atoms in total. The summed E-state index contributed by atoms with van der Waals surface area (Å²) in [5, 5.41) is 0. The van der Waals surface area contributed by atoms with Gasteiger partial charge in [0.25, 0.3) is 0 Å². The van der Waals surface area contributed by atoms with E-state index in [0.29, 0.717) is 6.54 Å². The van der Waals surface area contributed by atoms with Gasteiger partial charge in [0.1, 0.15) is 11.6 Å². The predicted molar refractivity (Wildman–Crippen MR) is 105 cm³/mol. The molecular weight excluding hydrogens is 340 g/mol. The van der Waals surface area contributed by atoms with Crippen LogP contribution in [0.2, 0.25) is 0 Å². The van der Waals surface area contributed by atoms with E-state index in [4.69, 9.17) is 9.72 Å². The third kappa shape index (κ3) is 3.23. The smallest absolute Gasteiger partial charge is 0.236 e. The van der Waals surface area contributed by atoms with Crippen LogP contribution < -0.4 is 4.74 Å². The Balaban J connectivity index is 1.52. The van der Waals surface area contributed by atoms with Crippen molar-refractivity contribution in [1.29, 1.82) is 0 Å². The molecule has 0 aliphatic carbocycles. The Morgan fingerprint density at radius 1 is 1.22 bits per heavy atom. The molecule has 4 rings (SSSR count). The average molecular weight is 368 g/mol. The van der Waals surface area contributed by atoms with Gasteiger partial charge in [-0.3, -0.25) is 9.69 Å². The van der Waals surface area contributed by atoms with Crippen LogP contribution in [0.15, 0.2) is 30.5 Å². The number of amides is 1. The highest BCUT2D eigenvalue weighted by Crippen LogP contribution is 2.44. The number of hydrogen-bond donors (Lipinski definition) is 0. The Bertz CT molecular complexity index is 834. The van der Waals surface area contributed by atoms with Crippen LogP contribution in [0.5, 0.6) is 5.75 Å². The van der Waals surface area contributed by atoms with Gasteiger partial charge in [-0.1, -0.05) is 12.1 Å². The number of fused-ring (bicyclic) bond motifs is 2. The molecule has 1 aromatic heterocycles. The molecule has 1 amide bonds. The van der Waals surface area contributed by atoms with Crippen molar-refractivity contribution >= 4 is 5.91 Å². The first kappa shape index (κ1) is 18.0. The number of hydrogen-bond acceptors (Lipinski definition) is 4. The normalized spacial score (nSPS) is 18.5. The van der Waals surface area contributed by atoms with Crippen molar-refractivity contribution in [3.05, 3.63) is 36.3 Å². The summed E-state index contributed by atoms with van der Waals surface area (Å²) in [5.74, 6) is 2.27. The third-order valence-electron chi connectivity index (χ3n) is 6.18. The molecule has 0 N–H and O–H groups in total. The topological polar surface area (TPSA) is 50.6 Å². The number of carbonyl (C=O) groups is 1. The molecule has 2 aliphatic rings. The standard InChI is InChI=1S/C21H28N4O2/c1-23(2)19(26)15-24-10-7-21(8-11-24)9-12-25-18(14-22-20(21)25)16-5-4-6-17(13-16)27-3/h4-6,13-14H,7-12,15H2,1-3H3. The van der Waals surface area contributed by atoms with Crippen LogP contribution in [-0.2, 0) is 16.8 Å². The van der Waals surface area contributed by atoms with Crippen molar-refractivity contribution in [1.82, 2.24) is 19.4 Å². The van der Waals surface area contributed by atoms with Crippen LogP contribution in [0.25, 0.3) is 11.3 Å². The van der Waals surface area contributed by atoms with Crippen LogP contribution in [0.1, 0.15) is 25.1 Å². The summed E-state index contributed by atoms with van der Waals surface area (Å²) < 4.78 is 7.76. The highest BCUT2D eigenvalue weighted by Gasteiger charge is 2.44. The first-order chi connectivity index (χ1) is 13.0. The van der Waals surface area contributed by atoms with Crippen LogP contribution in [0, 0.1) is 0 Å². The highest BCUT2D eigenvalue weighted by molar-refractivity contribution is 5.77. The van der Waals surface area contributed by atoms with Crippen LogP contribution >= 0.6 is 0 Å². The number of nitrogens with zero attached hydrogens (tertiary/aromatic N) is 4. The minimum atomic E-state index is 0.161. The molecule has 3 heterocycles. The molecule has 27 heavy (non-hydrogen) atoms. The number of likely N-dealkylation sites (N-methyl/N-ethyl adjacent to an activating group) is 1. The van der Waals surface area contributed by atoms with Crippen LogP contribution in [0.4, 0.5) is 0 Å². The lowest BCUT2D eigenvalue weighted by atomic mass is 9.76. The van der Waals surface area contributed by atoms with Gasteiger partial charge in [-0.15, -0.1) is 0 Å². The van der Waals surface area contributed by atoms with Gasteiger partial charge in [0, 0.05) is 31.6 Å². The summed E-state index contributed by atoms with van der Waals surface area (Å²) in [4.78, 5) is 20.8. The molecule has 1 fully saturated rings. The number of benzene rings is 1. The zero-order valence-corrected chi connectivity index (χ0v) is 16.4. The highest BCUT2D eigenvalue weighted by atomic mass is 16.5. The molecule has 0 atom stereocenters. The maximum Gasteiger partial charge on any atom is 0.236 e. The number of carbonyl (C=O) groups excluding carboxylic acids is 1. The van der Waals surface area contributed by atoms with E-state index in [1.165, 1.54) is 11.5 Å². The van der Waals surface area contributed by atoms with Gasteiger partial charge in [0.2, 0.25) is 5.91 Å². The fourth-order valence-corrected chi connectivity index (χ4v) is 4.42. The largest absolute Gasteiger partial charge is 0.497 e. The summed E-state index contributed by atoms with van der Waals surface area (Å²) in [6.07, 6.45) is 5.29. The van der Waals surface area contributed by atoms with Gasteiger partial charge in [-0.2, -0.15) is 0 Å². The molecule has 0 radical (unpaired) electrons. The van der Waals surface area contributed by atoms with E-state index in [9.17, 15) is 4.79 Å². The number of rotatable bonds is 4. The molecule has 0 saturated carbocycles. The van der Waals surface area contributed by atoms with E-state index in [0.717, 1.165) is 50.2 Å². The maximum absolute atomic E-state index is 12.0. The summed E-state index contributed by atoms with van der Waals surface area (Å²) in [7, 11) is 5.34. The summed E-state index contributed by atoms with van der Waals surface area (Å²) in [6.45, 7) is 3.45. The fourth-order valence-electron chi connectivity index (χ4n) is 4.42. The lowest BCUT2D eigenvalue weighted by Gasteiger charge is -2.38. The first-order valence-corrected chi connectivity index (χ1v) is 9.65. The SMILES string of the molecule is COc1cccc(-c2cnc3n2CCC32CCN(CC(=O)N(C)C)CC2)c1. The second-order valence-corrected chi connectivity index (χ2v) is 7.95.